The van der Waals surface area contributed by atoms with Gasteiger partial charge in [-0.05, 0) is 31.4 Å². The van der Waals surface area contributed by atoms with Crippen LogP contribution >= 0.6 is 11.6 Å². The van der Waals surface area contributed by atoms with Gasteiger partial charge in [-0.15, -0.1) is 0 Å². The van der Waals surface area contributed by atoms with Gasteiger partial charge in [0.2, 0.25) is 0 Å². The van der Waals surface area contributed by atoms with E-state index in [1.165, 1.54) is 0 Å². The zero-order valence-electron chi connectivity index (χ0n) is 11.2. The summed E-state index contributed by atoms with van der Waals surface area (Å²) in [6.07, 6.45) is 2.11. The summed E-state index contributed by atoms with van der Waals surface area (Å²) in [5, 5.41) is 14.2. The van der Waals surface area contributed by atoms with Gasteiger partial charge in [-0.1, -0.05) is 36.7 Å². The van der Waals surface area contributed by atoms with Gasteiger partial charge in [-0.2, -0.15) is 0 Å². The lowest BCUT2D eigenvalue weighted by Crippen LogP contribution is -2.16. The van der Waals surface area contributed by atoms with Gasteiger partial charge in [0.05, 0.1) is 5.02 Å². The van der Waals surface area contributed by atoms with Crippen LogP contribution in [0.15, 0.2) is 24.3 Å². The Kier molecular flexibility index (Phi) is 5.25. The highest BCUT2D eigenvalue weighted by molar-refractivity contribution is 6.36. The lowest BCUT2D eigenvalue weighted by atomic mass is 10.1. The lowest BCUT2D eigenvalue weighted by molar-refractivity contribution is 0.228. The van der Waals surface area contributed by atoms with Crippen LogP contribution in [0.1, 0.15) is 25.5 Å². The maximum absolute atomic E-state index is 8.94. The van der Waals surface area contributed by atoms with E-state index in [1.807, 2.05) is 24.3 Å². The second-order valence-corrected chi connectivity index (χ2v) is 5.45. The number of nitrogens with one attached hydrogen (secondary N) is 2. The Bertz CT molecular complexity index is 524. The molecule has 104 valence electrons. The summed E-state index contributed by atoms with van der Waals surface area (Å²) < 4.78 is 0. The van der Waals surface area contributed by atoms with Crippen molar-refractivity contribution in [2.24, 2.45) is 5.92 Å². The van der Waals surface area contributed by atoms with Crippen molar-refractivity contribution in [3.05, 3.63) is 35.0 Å². The zero-order valence-corrected chi connectivity index (χ0v) is 12.0. The third kappa shape index (κ3) is 3.72. The van der Waals surface area contributed by atoms with Gasteiger partial charge in [0, 0.05) is 29.7 Å². The van der Waals surface area contributed by atoms with Crippen LogP contribution in [-0.2, 0) is 6.54 Å². The van der Waals surface area contributed by atoms with E-state index in [-0.39, 0.29) is 6.61 Å². The number of aromatic amines is 1. The summed E-state index contributed by atoms with van der Waals surface area (Å²) >= 11 is 6.34. The van der Waals surface area contributed by atoms with Crippen LogP contribution in [0.4, 0.5) is 0 Å². The molecule has 0 aliphatic rings. The highest BCUT2D eigenvalue weighted by atomic mass is 35.5. The smallest absolute Gasteiger partial charge is 0.0705 e. The number of aliphatic hydroxyl groups is 1. The first-order valence-corrected chi connectivity index (χ1v) is 7.17. The molecule has 1 aromatic carbocycles. The Morgan fingerprint density at radius 3 is 2.89 bits per heavy atom. The molecule has 0 radical (unpaired) electrons. The molecule has 3 nitrogen and oxygen atoms in total. The zero-order chi connectivity index (χ0) is 13.7. The number of para-hydroxylation sites is 1. The molecule has 0 spiro atoms. The minimum Gasteiger partial charge on any atom is -0.396 e. The van der Waals surface area contributed by atoms with E-state index in [1.54, 1.807) is 0 Å². The standard InChI is InChI=1S/C15H21ClN2O/c1-11(10-19)5-4-8-17-9-14-15(16)12-6-2-3-7-13(12)18-14/h2-3,6-7,11,17-19H,4-5,8-10H2,1H3. The average molecular weight is 281 g/mol. The van der Waals surface area contributed by atoms with Crippen molar-refractivity contribution in [1.82, 2.24) is 10.3 Å². The van der Waals surface area contributed by atoms with E-state index in [0.717, 1.165) is 47.6 Å². The summed E-state index contributed by atoms with van der Waals surface area (Å²) in [6, 6.07) is 8.06. The molecule has 2 aromatic rings. The first-order valence-electron chi connectivity index (χ1n) is 6.79. The number of aliphatic hydroxyl groups excluding tert-OH is 1. The van der Waals surface area contributed by atoms with Crippen molar-refractivity contribution in [3.8, 4) is 0 Å². The van der Waals surface area contributed by atoms with Gasteiger partial charge in [-0.3, -0.25) is 0 Å². The van der Waals surface area contributed by atoms with E-state index < -0.39 is 0 Å². The summed E-state index contributed by atoms with van der Waals surface area (Å²) in [6.45, 7) is 4.03. The van der Waals surface area contributed by atoms with Crippen LogP contribution < -0.4 is 5.32 Å². The molecule has 1 unspecified atom stereocenters. The molecule has 2 rings (SSSR count). The number of H-pyrrole nitrogens is 1. The molecular formula is C15H21ClN2O. The largest absolute Gasteiger partial charge is 0.396 e. The maximum Gasteiger partial charge on any atom is 0.0705 e. The van der Waals surface area contributed by atoms with Crippen LogP contribution in [0.2, 0.25) is 5.02 Å². The number of benzene rings is 1. The quantitative estimate of drug-likeness (QED) is 0.682. The number of rotatable bonds is 7. The first kappa shape index (κ1) is 14.4. The van der Waals surface area contributed by atoms with Crippen molar-refractivity contribution in [1.29, 1.82) is 0 Å². The number of hydrogen-bond acceptors (Lipinski definition) is 2. The molecule has 0 saturated heterocycles. The highest BCUT2D eigenvalue weighted by Gasteiger charge is 2.08. The van der Waals surface area contributed by atoms with Crippen molar-refractivity contribution < 1.29 is 5.11 Å². The minimum atomic E-state index is 0.272. The summed E-state index contributed by atoms with van der Waals surface area (Å²) in [5.41, 5.74) is 2.12. The molecule has 3 N–H and O–H groups in total. The number of halogens is 1. The van der Waals surface area contributed by atoms with Crippen molar-refractivity contribution in [2.75, 3.05) is 13.2 Å². The topological polar surface area (TPSA) is 48.0 Å². The van der Waals surface area contributed by atoms with Gasteiger partial charge in [0.25, 0.3) is 0 Å². The fraction of sp³-hybridized carbons (Fsp3) is 0.467. The molecule has 0 fully saturated rings. The summed E-state index contributed by atoms with van der Waals surface area (Å²) in [5.74, 6) is 0.387. The molecule has 1 heterocycles. The van der Waals surface area contributed by atoms with E-state index >= 15 is 0 Å². The Morgan fingerprint density at radius 2 is 2.16 bits per heavy atom. The molecule has 4 heteroatoms. The first-order chi connectivity index (χ1) is 9.22. The highest BCUT2D eigenvalue weighted by Crippen LogP contribution is 2.26. The van der Waals surface area contributed by atoms with Crippen LogP contribution in [0.5, 0.6) is 0 Å². The predicted octanol–water partition coefficient (Wildman–Crippen LogP) is 3.32. The molecule has 0 aliphatic heterocycles. The molecule has 1 aromatic heterocycles. The Labute approximate surface area is 119 Å². The molecule has 0 bridgehead atoms. The molecule has 0 saturated carbocycles. The van der Waals surface area contributed by atoms with Crippen LogP contribution in [-0.4, -0.2) is 23.2 Å². The average Bonchev–Trinajstić information content (AvgIpc) is 2.75. The second kappa shape index (κ2) is 6.94. The van der Waals surface area contributed by atoms with Gasteiger partial charge < -0.3 is 15.4 Å². The Morgan fingerprint density at radius 1 is 1.37 bits per heavy atom. The van der Waals surface area contributed by atoms with E-state index in [9.17, 15) is 0 Å². The monoisotopic (exact) mass is 280 g/mol. The minimum absolute atomic E-state index is 0.272. The fourth-order valence-electron chi connectivity index (χ4n) is 2.17. The van der Waals surface area contributed by atoms with Gasteiger partial charge in [-0.25, -0.2) is 0 Å². The SMILES string of the molecule is CC(CO)CCCNCc1[nH]c2ccccc2c1Cl. The summed E-state index contributed by atoms with van der Waals surface area (Å²) in [4.78, 5) is 3.34. The predicted molar refractivity (Wildman–Crippen MR) is 80.5 cm³/mol. The van der Waals surface area contributed by atoms with Crippen molar-refractivity contribution >= 4 is 22.5 Å². The summed E-state index contributed by atoms with van der Waals surface area (Å²) in [7, 11) is 0. The Hall–Kier alpha value is -1.03. The van der Waals surface area contributed by atoms with E-state index in [2.05, 4.69) is 17.2 Å². The van der Waals surface area contributed by atoms with Gasteiger partial charge in [0.1, 0.15) is 0 Å². The van der Waals surface area contributed by atoms with Crippen LogP contribution in [0.25, 0.3) is 10.9 Å². The van der Waals surface area contributed by atoms with Gasteiger partial charge >= 0.3 is 0 Å². The normalized spacial score (nSPS) is 13.0. The lowest BCUT2D eigenvalue weighted by Gasteiger charge is -2.08. The third-order valence-electron chi connectivity index (χ3n) is 3.38. The molecule has 0 amide bonds. The number of hydrogen-bond donors (Lipinski definition) is 3. The van der Waals surface area contributed by atoms with Crippen molar-refractivity contribution in [3.63, 3.8) is 0 Å². The fourth-order valence-corrected chi connectivity index (χ4v) is 2.44. The van der Waals surface area contributed by atoms with Crippen LogP contribution in [0.3, 0.4) is 0 Å². The van der Waals surface area contributed by atoms with E-state index in [0.29, 0.717) is 5.92 Å². The maximum atomic E-state index is 8.94. The molecule has 19 heavy (non-hydrogen) atoms. The molecule has 1 atom stereocenters. The Balaban J connectivity index is 1.83. The molecular weight excluding hydrogens is 260 g/mol. The molecule has 0 aliphatic carbocycles. The van der Waals surface area contributed by atoms with Crippen molar-refractivity contribution in [2.45, 2.75) is 26.3 Å². The van der Waals surface area contributed by atoms with E-state index in [4.69, 9.17) is 16.7 Å². The van der Waals surface area contributed by atoms with Gasteiger partial charge in [0.15, 0.2) is 0 Å². The number of aromatic nitrogens is 1. The number of fused-ring (bicyclic) bond motifs is 1. The second-order valence-electron chi connectivity index (χ2n) is 5.07. The third-order valence-corrected chi connectivity index (χ3v) is 3.81. The van der Waals surface area contributed by atoms with Crippen LogP contribution in [0, 0.1) is 5.92 Å².